The molecule has 0 aliphatic heterocycles. The normalized spacial score (nSPS) is 23.7. The molecule has 4 atom stereocenters. The molecular weight excluding hydrogens is 426 g/mol. The summed E-state index contributed by atoms with van der Waals surface area (Å²) >= 11 is 0. The Bertz CT molecular complexity index is 1250. The van der Waals surface area contributed by atoms with Crippen molar-refractivity contribution in [3.8, 4) is 0 Å². The third kappa shape index (κ3) is 3.83. The number of rotatable bonds is 8. The summed E-state index contributed by atoms with van der Waals surface area (Å²) in [5.74, 6) is 0.788. The van der Waals surface area contributed by atoms with Gasteiger partial charge in [-0.3, -0.25) is 9.59 Å². The Morgan fingerprint density at radius 2 is 2.03 bits per heavy atom. The molecule has 0 saturated heterocycles. The molecule has 11 heteroatoms. The zero-order chi connectivity index (χ0) is 23.1. The number of carbonyl (C=O) groups is 1. The Hall–Kier alpha value is -3.44. The zero-order valence-corrected chi connectivity index (χ0v) is 18.7. The first-order chi connectivity index (χ1) is 16.0. The molecule has 0 bridgehead atoms. The van der Waals surface area contributed by atoms with Gasteiger partial charge in [0.05, 0.1) is 30.5 Å². The van der Waals surface area contributed by atoms with Gasteiger partial charge in [0.2, 0.25) is 0 Å². The van der Waals surface area contributed by atoms with E-state index in [1.807, 2.05) is 6.07 Å². The molecule has 1 amide bonds. The Morgan fingerprint density at radius 1 is 1.21 bits per heavy atom. The van der Waals surface area contributed by atoms with Crippen LogP contribution in [-0.4, -0.2) is 64.6 Å². The van der Waals surface area contributed by atoms with Crippen molar-refractivity contribution < 1.29 is 14.3 Å². The van der Waals surface area contributed by atoms with E-state index in [0.717, 1.165) is 19.3 Å². The second-order valence-electron chi connectivity index (χ2n) is 8.34. The molecular formula is C22H27N7O4. The van der Waals surface area contributed by atoms with Crippen molar-refractivity contribution >= 4 is 28.9 Å². The molecule has 3 aromatic heterocycles. The van der Waals surface area contributed by atoms with Crippen molar-refractivity contribution in [1.82, 2.24) is 24.5 Å². The van der Waals surface area contributed by atoms with E-state index in [2.05, 4.69) is 26.0 Å². The third-order valence-corrected chi connectivity index (χ3v) is 6.40. The molecule has 11 nitrogen and oxygen atoms in total. The first kappa shape index (κ1) is 21.4. The molecule has 0 aromatic carbocycles. The van der Waals surface area contributed by atoms with Crippen LogP contribution in [0, 0.1) is 0 Å². The standard InChI is InChI=1S/C22H27N7O4/c1-23-19-10-18(25-14-5-4-8-28(22(14)31)15-9-17(15)33-3)27-20-12(11-24-29(19)20)21(30)26-13-6-7-16(13)32-2/h4-5,8,10-11,13,15-17,23H,6-7,9H2,1-3H3,(H,25,27)(H,26,30)/t13-,15+,16-,17+/m0/s1. The van der Waals surface area contributed by atoms with Crippen molar-refractivity contribution in [3.63, 3.8) is 0 Å². The minimum absolute atomic E-state index is 0.0244. The summed E-state index contributed by atoms with van der Waals surface area (Å²) in [5.41, 5.74) is 0.967. The number of aromatic nitrogens is 4. The number of hydrogen-bond acceptors (Lipinski definition) is 8. The van der Waals surface area contributed by atoms with Crippen LogP contribution in [0.1, 0.15) is 35.7 Å². The summed E-state index contributed by atoms with van der Waals surface area (Å²) in [7, 11) is 5.05. The van der Waals surface area contributed by atoms with Crippen LogP contribution in [-0.2, 0) is 9.47 Å². The molecule has 2 fully saturated rings. The smallest absolute Gasteiger partial charge is 0.274 e. The van der Waals surface area contributed by atoms with Gasteiger partial charge in [0.1, 0.15) is 22.9 Å². The van der Waals surface area contributed by atoms with Gasteiger partial charge in [0, 0.05) is 33.5 Å². The number of hydrogen-bond donors (Lipinski definition) is 3. The van der Waals surface area contributed by atoms with Crippen molar-refractivity contribution in [3.05, 3.63) is 46.5 Å². The number of methoxy groups -OCH3 is 2. The molecule has 33 heavy (non-hydrogen) atoms. The lowest BCUT2D eigenvalue weighted by atomic mass is 9.89. The summed E-state index contributed by atoms with van der Waals surface area (Å²) in [6, 6.07) is 5.28. The van der Waals surface area contributed by atoms with E-state index >= 15 is 0 Å². The molecule has 3 aromatic rings. The Morgan fingerprint density at radius 3 is 2.70 bits per heavy atom. The van der Waals surface area contributed by atoms with Crippen LogP contribution in [0.2, 0.25) is 0 Å². The van der Waals surface area contributed by atoms with Crippen LogP contribution in [0.25, 0.3) is 5.65 Å². The summed E-state index contributed by atoms with van der Waals surface area (Å²) in [6.45, 7) is 0. The van der Waals surface area contributed by atoms with Crippen LogP contribution >= 0.6 is 0 Å². The van der Waals surface area contributed by atoms with E-state index in [4.69, 9.17) is 9.47 Å². The molecule has 0 spiro atoms. The van der Waals surface area contributed by atoms with E-state index in [-0.39, 0.29) is 35.8 Å². The topological polar surface area (TPSA) is 124 Å². The lowest BCUT2D eigenvalue weighted by Crippen LogP contribution is -2.51. The number of nitrogens with zero attached hydrogens (tertiary/aromatic N) is 4. The molecule has 174 valence electrons. The average molecular weight is 454 g/mol. The number of ether oxygens (including phenoxy) is 2. The highest BCUT2D eigenvalue weighted by molar-refractivity contribution is 6.00. The van der Waals surface area contributed by atoms with Gasteiger partial charge in [-0.25, -0.2) is 4.98 Å². The molecule has 2 aliphatic carbocycles. The van der Waals surface area contributed by atoms with Crippen LogP contribution < -0.4 is 21.5 Å². The van der Waals surface area contributed by atoms with Gasteiger partial charge in [-0.1, -0.05) is 0 Å². The quantitative estimate of drug-likeness (QED) is 0.469. The van der Waals surface area contributed by atoms with Gasteiger partial charge < -0.3 is 30.0 Å². The van der Waals surface area contributed by atoms with Gasteiger partial charge in [-0.05, 0) is 31.4 Å². The highest BCUT2D eigenvalue weighted by atomic mass is 16.5. The Balaban J connectivity index is 1.45. The van der Waals surface area contributed by atoms with Gasteiger partial charge in [-0.2, -0.15) is 9.61 Å². The lowest BCUT2D eigenvalue weighted by Gasteiger charge is -2.35. The third-order valence-electron chi connectivity index (χ3n) is 6.40. The molecule has 2 saturated carbocycles. The Labute approximate surface area is 190 Å². The summed E-state index contributed by atoms with van der Waals surface area (Å²) in [5, 5.41) is 13.5. The highest BCUT2D eigenvalue weighted by Gasteiger charge is 2.39. The maximum Gasteiger partial charge on any atom is 0.274 e. The average Bonchev–Trinajstić information content (AvgIpc) is 3.47. The predicted octanol–water partition coefficient (Wildman–Crippen LogP) is 1.54. The monoisotopic (exact) mass is 453 g/mol. The van der Waals surface area contributed by atoms with E-state index in [1.165, 1.54) is 6.20 Å². The van der Waals surface area contributed by atoms with Gasteiger partial charge in [0.25, 0.3) is 11.5 Å². The van der Waals surface area contributed by atoms with Crippen LogP contribution in [0.3, 0.4) is 0 Å². The van der Waals surface area contributed by atoms with E-state index < -0.39 is 0 Å². The van der Waals surface area contributed by atoms with Crippen LogP contribution in [0.15, 0.2) is 35.4 Å². The van der Waals surface area contributed by atoms with Crippen molar-refractivity contribution in [2.24, 2.45) is 0 Å². The van der Waals surface area contributed by atoms with Gasteiger partial charge >= 0.3 is 0 Å². The van der Waals surface area contributed by atoms with E-state index in [9.17, 15) is 9.59 Å². The maximum atomic E-state index is 13.0. The van der Waals surface area contributed by atoms with Gasteiger partial charge in [0.15, 0.2) is 5.65 Å². The molecule has 3 N–H and O–H groups in total. The summed E-state index contributed by atoms with van der Waals surface area (Å²) < 4.78 is 14.0. The predicted molar refractivity (Wildman–Crippen MR) is 122 cm³/mol. The number of pyridine rings is 1. The lowest BCUT2D eigenvalue weighted by molar-refractivity contribution is 0.00732. The number of fused-ring (bicyclic) bond motifs is 1. The van der Waals surface area contributed by atoms with Crippen LogP contribution in [0.5, 0.6) is 0 Å². The Kier molecular flexibility index (Phi) is 5.51. The molecule has 5 rings (SSSR count). The fourth-order valence-electron chi connectivity index (χ4n) is 4.24. The summed E-state index contributed by atoms with van der Waals surface area (Å²) in [4.78, 5) is 30.5. The van der Waals surface area contributed by atoms with Crippen molar-refractivity contribution in [2.45, 2.75) is 43.6 Å². The maximum absolute atomic E-state index is 13.0. The number of anilines is 3. The summed E-state index contributed by atoms with van der Waals surface area (Å²) in [6.07, 6.45) is 5.95. The van der Waals surface area contributed by atoms with Crippen LogP contribution in [0.4, 0.5) is 17.3 Å². The van der Waals surface area contributed by atoms with E-state index in [0.29, 0.717) is 28.5 Å². The molecule has 0 unspecified atom stereocenters. The fourth-order valence-corrected chi connectivity index (χ4v) is 4.24. The van der Waals surface area contributed by atoms with Crippen molar-refractivity contribution in [2.75, 3.05) is 31.9 Å². The SMILES string of the molecule is CNc1cc(Nc2cccn([C@@H]3C[C@H]3OC)c2=O)nc2c(C(=O)N[C@H]3CC[C@@H]3OC)cnn12. The number of nitrogens with one attached hydrogen (secondary N) is 3. The largest absolute Gasteiger partial charge is 0.379 e. The van der Waals surface area contributed by atoms with E-state index in [1.54, 1.807) is 48.7 Å². The second-order valence-corrected chi connectivity index (χ2v) is 8.34. The second kappa shape index (κ2) is 8.49. The molecule has 3 heterocycles. The van der Waals surface area contributed by atoms with Gasteiger partial charge in [-0.15, -0.1) is 0 Å². The van der Waals surface area contributed by atoms with Crippen molar-refractivity contribution in [1.29, 1.82) is 0 Å². The molecule has 0 radical (unpaired) electrons. The zero-order valence-electron chi connectivity index (χ0n) is 18.7. The minimum Gasteiger partial charge on any atom is -0.379 e. The fraction of sp³-hybridized carbons (Fsp3) is 0.455. The molecule has 2 aliphatic rings. The number of carbonyl (C=O) groups excluding carboxylic acids is 1. The number of amides is 1. The first-order valence-corrected chi connectivity index (χ1v) is 10.9. The minimum atomic E-state index is -0.259. The highest BCUT2D eigenvalue weighted by Crippen LogP contribution is 2.37. The first-order valence-electron chi connectivity index (χ1n) is 10.9.